The molecular formula is C12H15N5O5. The van der Waals surface area contributed by atoms with E-state index in [0.29, 0.717) is 11.2 Å². The minimum absolute atomic E-state index is 0.206. The molecule has 1 unspecified atom stereocenters. The van der Waals surface area contributed by atoms with Crippen LogP contribution in [0.2, 0.25) is 0 Å². The Balaban J connectivity index is 1.98. The molecule has 3 rings (SSSR count). The van der Waals surface area contributed by atoms with E-state index in [2.05, 4.69) is 15.0 Å². The van der Waals surface area contributed by atoms with Crippen LogP contribution in [0.3, 0.4) is 0 Å². The fraction of sp³-hybridized carbons (Fsp3) is 0.500. The topological polar surface area (TPSA) is 157 Å². The minimum atomic E-state index is -1.82. The Morgan fingerprint density at radius 3 is 2.86 bits per heavy atom. The third-order valence-electron chi connectivity index (χ3n) is 3.85. The number of ether oxygens (including phenoxy) is 1. The predicted octanol–water partition coefficient (Wildman–Crippen LogP) is -1.25. The molecule has 1 saturated heterocycles. The van der Waals surface area contributed by atoms with Crippen molar-refractivity contribution in [2.75, 3.05) is 5.73 Å². The van der Waals surface area contributed by atoms with Gasteiger partial charge in [0.15, 0.2) is 17.6 Å². The van der Waals surface area contributed by atoms with Crippen molar-refractivity contribution < 1.29 is 24.9 Å². The molecule has 0 aliphatic carbocycles. The van der Waals surface area contributed by atoms with Crippen LogP contribution >= 0.6 is 0 Å². The van der Waals surface area contributed by atoms with E-state index in [-0.39, 0.29) is 5.82 Å². The smallest absolute Gasteiger partial charge is 0.335 e. The van der Waals surface area contributed by atoms with Gasteiger partial charge in [0.25, 0.3) is 0 Å². The van der Waals surface area contributed by atoms with Crippen LogP contribution in [0.15, 0.2) is 12.7 Å². The number of fused-ring (bicyclic) bond motifs is 1. The normalized spacial score (nSPS) is 29.8. The van der Waals surface area contributed by atoms with Gasteiger partial charge in [0.2, 0.25) is 0 Å². The standard InChI is InChI=1S/C12H15N5O5/c1-4-6(18)8(7(19)12(20)21)22-11(4)17-3-16-5-9(13)14-2-15-10(5)17/h2-4,6-8,11,18-19H,1H3,(H,20,21)(H2,13,14,15)/t4-,6+,7?,8+,11-/m1/s1. The van der Waals surface area contributed by atoms with Gasteiger partial charge in [-0.05, 0) is 0 Å². The number of rotatable bonds is 3. The highest BCUT2D eigenvalue weighted by Gasteiger charge is 2.47. The number of aliphatic hydroxyl groups is 2. The molecule has 1 aliphatic heterocycles. The summed E-state index contributed by atoms with van der Waals surface area (Å²) in [5, 5.41) is 28.6. The van der Waals surface area contributed by atoms with E-state index in [4.69, 9.17) is 15.6 Å². The monoisotopic (exact) mass is 309 g/mol. The van der Waals surface area contributed by atoms with Crippen molar-refractivity contribution in [2.45, 2.75) is 31.5 Å². The Kier molecular flexibility index (Phi) is 3.43. The van der Waals surface area contributed by atoms with Crippen molar-refractivity contribution in [3.63, 3.8) is 0 Å². The third kappa shape index (κ3) is 2.08. The predicted molar refractivity (Wildman–Crippen MR) is 72.5 cm³/mol. The lowest BCUT2D eigenvalue weighted by Gasteiger charge is -2.18. The van der Waals surface area contributed by atoms with Gasteiger partial charge in [0.05, 0.1) is 12.4 Å². The zero-order valence-corrected chi connectivity index (χ0v) is 11.6. The van der Waals surface area contributed by atoms with Crippen molar-refractivity contribution in [3.05, 3.63) is 12.7 Å². The number of carboxylic acids is 1. The summed E-state index contributed by atoms with van der Waals surface area (Å²) in [6.07, 6.45) is -2.23. The molecule has 1 fully saturated rings. The molecule has 5 N–H and O–H groups in total. The SMILES string of the molecule is C[C@@H]1[C@H](O)[C@@H](C(O)C(=O)O)O[C@H]1n1cnc2c(N)ncnc21. The summed E-state index contributed by atoms with van der Waals surface area (Å²) in [7, 11) is 0. The van der Waals surface area contributed by atoms with Gasteiger partial charge in [-0.15, -0.1) is 0 Å². The fourth-order valence-electron chi connectivity index (χ4n) is 2.61. The van der Waals surface area contributed by atoms with Crippen LogP contribution in [-0.4, -0.2) is 59.1 Å². The number of carboxylic acid groups (broad SMARTS) is 1. The Labute approximate surface area is 124 Å². The molecule has 0 radical (unpaired) electrons. The molecule has 0 aromatic carbocycles. The van der Waals surface area contributed by atoms with Crippen LogP contribution in [0.25, 0.3) is 11.2 Å². The van der Waals surface area contributed by atoms with Crippen molar-refractivity contribution in [1.29, 1.82) is 0 Å². The van der Waals surface area contributed by atoms with E-state index in [1.807, 2.05) is 0 Å². The van der Waals surface area contributed by atoms with Crippen LogP contribution in [0.4, 0.5) is 5.82 Å². The molecule has 118 valence electrons. The molecule has 2 aromatic heterocycles. The van der Waals surface area contributed by atoms with Crippen LogP contribution in [0.5, 0.6) is 0 Å². The first-order chi connectivity index (χ1) is 10.4. The number of hydrogen-bond acceptors (Lipinski definition) is 8. The zero-order chi connectivity index (χ0) is 16.0. The molecule has 0 spiro atoms. The van der Waals surface area contributed by atoms with Crippen LogP contribution in [-0.2, 0) is 9.53 Å². The number of aliphatic hydroxyl groups excluding tert-OH is 2. The summed E-state index contributed by atoms with van der Waals surface area (Å²) in [5.41, 5.74) is 6.50. The minimum Gasteiger partial charge on any atom is -0.479 e. The molecule has 2 aromatic rings. The second-order valence-corrected chi connectivity index (χ2v) is 5.21. The van der Waals surface area contributed by atoms with E-state index >= 15 is 0 Å². The molecule has 22 heavy (non-hydrogen) atoms. The van der Waals surface area contributed by atoms with Crippen molar-refractivity contribution in [2.24, 2.45) is 5.92 Å². The van der Waals surface area contributed by atoms with E-state index < -0.39 is 36.4 Å². The third-order valence-corrected chi connectivity index (χ3v) is 3.85. The summed E-state index contributed by atoms with van der Waals surface area (Å²) in [6, 6.07) is 0. The number of nitrogens with two attached hydrogens (primary N) is 1. The number of imidazole rings is 1. The van der Waals surface area contributed by atoms with Gasteiger partial charge in [0, 0.05) is 5.92 Å². The number of aliphatic carboxylic acids is 1. The number of aromatic nitrogens is 4. The second kappa shape index (κ2) is 5.16. The lowest BCUT2D eigenvalue weighted by Crippen LogP contribution is -2.41. The zero-order valence-electron chi connectivity index (χ0n) is 11.6. The highest BCUT2D eigenvalue weighted by molar-refractivity contribution is 5.81. The summed E-state index contributed by atoms with van der Waals surface area (Å²) >= 11 is 0. The van der Waals surface area contributed by atoms with Gasteiger partial charge in [-0.3, -0.25) is 4.57 Å². The maximum absolute atomic E-state index is 10.9. The lowest BCUT2D eigenvalue weighted by molar-refractivity contribution is -0.160. The molecule has 0 amide bonds. The average molecular weight is 309 g/mol. The fourth-order valence-corrected chi connectivity index (χ4v) is 2.61. The van der Waals surface area contributed by atoms with Crippen LogP contribution in [0.1, 0.15) is 13.2 Å². The maximum atomic E-state index is 10.9. The Hall–Kier alpha value is -2.30. The first kappa shape index (κ1) is 14.6. The summed E-state index contributed by atoms with van der Waals surface area (Å²) in [5.74, 6) is -1.73. The number of anilines is 1. The Morgan fingerprint density at radius 2 is 2.18 bits per heavy atom. The van der Waals surface area contributed by atoms with E-state index in [0.717, 1.165) is 0 Å². The molecule has 1 aliphatic rings. The largest absolute Gasteiger partial charge is 0.479 e. The van der Waals surface area contributed by atoms with Gasteiger partial charge in [0.1, 0.15) is 24.2 Å². The van der Waals surface area contributed by atoms with Gasteiger partial charge in [-0.2, -0.15) is 0 Å². The lowest BCUT2D eigenvalue weighted by atomic mass is 9.99. The summed E-state index contributed by atoms with van der Waals surface area (Å²) < 4.78 is 7.08. The van der Waals surface area contributed by atoms with Crippen molar-refractivity contribution in [1.82, 2.24) is 19.5 Å². The molecule has 10 nitrogen and oxygen atoms in total. The second-order valence-electron chi connectivity index (χ2n) is 5.21. The molecule has 3 heterocycles. The van der Waals surface area contributed by atoms with Crippen molar-refractivity contribution >= 4 is 23.0 Å². The first-order valence-electron chi connectivity index (χ1n) is 6.59. The maximum Gasteiger partial charge on any atom is 0.335 e. The van der Waals surface area contributed by atoms with E-state index in [1.54, 1.807) is 6.92 Å². The van der Waals surface area contributed by atoms with Crippen LogP contribution < -0.4 is 5.73 Å². The number of carbonyl (C=O) groups is 1. The van der Waals surface area contributed by atoms with E-state index in [1.165, 1.54) is 17.2 Å². The molecule has 5 atom stereocenters. The van der Waals surface area contributed by atoms with Gasteiger partial charge in [-0.1, -0.05) is 6.92 Å². The summed E-state index contributed by atoms with van der Waals surface area (Å²) in [4.78, 5) is 22.9. The highest BCUT2D eigenvalue weighted by Crippen LogP contribution is 2.37. The molecule has 10 heteroatoms. The Morgan fingerprint density at radius 1 is 1.45 bits per heavy atom. The number of hydrogen-bond donors (Lipinski definition) is 4. The average Bonchev–Trinajstić information content (AvgIpc) is 3.02. The van der Waals surface area contributed by atoms with Crippen LogP contribution in [0, 0.1) is 5.92 Å². The molecule has 0 saturated carbocycles. The Bertz CT molecular complexity index is 719. The van der Waals surface area contributed by atoms with Gasteiger partial charge >= 0.3 is 5.97 Å². The van der Waals surface area contributed by atoms with E-state index in [9.17, 15) is 15.0 Å². The molecule has 0 bridgehead atoms. The van der Waals surface area contributed by atoms with Crippen molar-refractivity contribution in [3.8, 4) is 0 Å². The number of nitrogens with zero attached hydrogens (tertiary/aromatic N) is 4. The summed E-state index contributed by atoms with van der Waals surface area (Å²) in [6.45, 7) is 1.68. The highest BCUT2D eigenvalue weighted by atomic mass is 16.6. The first-order valence-corrected chi connectivity index (χ1v) is 6.59. The quantitative estimate of drug-likeness (QED) is 0.543. The number of nitrogen functional groups attached to an aromatic ring is 1. The van der Waals surface area contributed by atoms with Gasteiger partial charge < -0.3 is 25.8 Å². The molecular weight excluding hydrogens is 294 g/mol. The van der Waals surface area contributed by atoms with Gasteiger partial charge in [-0.25, -0.2) is 19.7 Å².